The van der Waals surface area contributed by atoms with E-state index in [-0.39, 0.29) is 12.0 Å². The first kappa shape index (κ1) is 21.9. The number of hydrogen-bond acceptors (Lipinski definition) is 3. The summed E-state index contributed by atoms with van der Waals surface area (Å²) >= 11 is 0. The van der Waals surface area contributed by atoms with E-state index >= 15 is 0 Å². The molecule has 0 fully saturated rings. The molecule has 26 heavy (non-hydrogen) atoms. The lowest BCUT2D eigenvalue weighted by atomic mass is 9.90. The molecule has 0 unspecified atom stereocenters. The van der Waals surface area contributed by atoms with Crippen LogP contribution in [0.3, 0.4) is 0 Å². The van der Waals surface area contributed by atoms with E-state index in [0.29, 0.717) is 6.42 Å². The van der Waals surface area contributed by atoms with Crippen molar-refractivity contribution in [2.45, 2.75) is 46.5 Å². The molecule has 0 spiro atoms. The zero-order valence-corrected chi connectivity index (χ0v) is 14.7. The number of hydrogen-bond donors (Lipinski definition) is 1. The van der Waals surface area contributed by atoms with Crippen molar-refractivity contribution in [1.82, 2.24) is 5.32 Å². The van der Waals surface area contributed by atoms with Crippen LogP contribution < -0.4 is 10.1 Å². The molecule has 1 amide bonds. The van der Waals surface area contributed by atoms with Gasteiger partial charge in [0.05, 0.1) is 0 Å². The zero-order valence-electron chi connectivity index (χ0n) is 14.7. The van der Waals surface area contributed by atoms with E-state index in [2.05, 4.69) is 30.8 Å². The number of benzene rings is 1. The van der Waals surface area contributed by atoms with Crippen LogP contribution in [0.2, 0.25) is 0 Å². The van der Waals surface area contributed by atoms with Gasteiger partial charge >= 0.3 is 5.97 Å². The van der Waals surface area contributed by atoms with Crippen LogP contribution in [0.5, 0.6) is 5.75 Å². The van der Waals surface area contributed by atoms with Crippen LogP contribution in [0, 0.1) is 34.5 Å². The van der Waals surface area contributed by atoms with E-state index in [1.165, 1.54) is 0 Å². The predicted octanol–water partition coefficient (Wildman–Crippen LogP) is 4.01. The summed E-state index contributed by atoms with van der Waals surface area (Å²) in [6.07, 6.45) is 1.53. The van der Waals surface area contributed by atoms with E-state index in [9.17, 15) is 31.5 Å². The Morgan fingerprint density at radius 2 is 1.38 bits per heavy atom. The lowest BCUT2D eigenvalue weighted by Crippen LogP contribution is -2.28. The van der Waals surface area contributed by atoms with Gasteiger partial charge in [-0.3, -0.25) is 9.59 Å². The SMILES string of the molecule is CC(C)(C)CCCCNC(=O)CC(=O)Oc1c(F)c(F)c(F)c(F)c1F. The molecule has 9 heteroatoms. The summed E-state index contributed by atoms with van der Waals surface area (Å²) in [7, 11) is 0. The van der Waals surface area contributed by atoms with E-state index in [1.807, 2.05) is 0 Å². The van der Waals surface area contributed by atoms with E-state index < -0.39 is 53.1 Å². The molecular weight excluding hydrogens is 361 g/mol. The van der Waals surface area contributed by atoms with E-state index in [0.717, 1.165) is 12.8 Å². The molecule has 146 valence electrons. The summed E-state index contributed by atoms with van der Waals surface area (Å²) in [5, 5.41) is 2.41. The van der Waals surface area contributed by atoms with Crippen LogP contribution in [0.25, 0.3) is 0 Å². The maximum atomic E-state index is 13.4. The third-order valence-electron chi connectivity index (χ3n) is 3.37. The van der Waals surface area contributed by atoms with Crippen LogP contribution >= 0.6 is 0 Å². The second-order valence-corrected chi connectivity index (χ2v) is 6.92. The highest BCUT2D eigenvalue weighted by molar-refractivity contribution is 5.95. The number of nitrogens with one attached hydrogen (secondary N) is 1. The molecule has 1 aromatic rings. The number of amides is 1. The number of ether oxygens (including phenoxy) is 1. The average molecular weight is 381 g/mol. The fraction of sp³-hybridized carbons (Fsp3) is 0.529. The summed E-state index contributed by atoms with van der Waals surface area (Å²) < 4.78 is 69.8. The largest absolute Gasteiger partial charge is 0.420 e. The zero-order chi connectivity index (χ0) is 20.1. The number of halogens is 5. The highest BCUT2D eigenvalue weighted by atomic mass is 19.2. The van der Waals surface area contributed by atoms with Gasteiger partial charge in [-0.05, 0) is 18.3 Å². The number of carbonyl (C=O) groups excluding carboxylic acids is 2. The molecule has 0 aliphatic rings. The third kappa shape index (κ3) is 6.27. The van der Waals surface area contributed by atoms with Crippen LogP contribution in [-0.2, 0) is 9.59 Å². The fourth-order valence-electron chi connectivity index (χ4n) is 2.03. The van der Waals surface area contributed by atoms with Crippen LogP contribution in [-0.4, -0.2) is 18.4 Å². The van der Waals surface area contributed by atoms with Gasteiger partial charge in [-0.1, -0.05) is 27.2 Å². The summed E-state index contributed by atoms with van der Waals surface area (Å²) in [5.41, 5.74) is 0.154. The smallest absolute Gasteiger partial charge is 0.320 e. The molecule has 0 saturated carbocycles. The maximum Gasteiger partial charge on any atom is 0.320 e. The van der Waals surface area contributed by atoms with Gasteiger partial charge < -0.3 is 10.1 Å². The highest BCUT2D eigenvalue weighted by Gasteiger charge is 2.29. The monoisotopic (exact) mass is 381 g/mol. The molecule has 0 heterocycles. The van der Waals surface area contributed by atoms with Gasteiger partial charge in [0.25, 0.3) is 0 Å². The van der Waals surface area contributed by atoms with Crippen molar-refractivity contribution in [3.8, 4) is 5.75 Å². The van der Waals surface area contributed by atoms with Crippen molar-refractivity contribution in [2.24, 2.45) is 5.41 Å². The Balaban J connectivity index is 2.54. The Kier molecular flexibility index (Phi) is 7.53. The number of carbonyl (C=O) groups is 2. The molecule has 1 rings (SSSR count). The average Bonchev–Trinajstić information content (AvgIpc) is 2.53. The topological polar surface area (TPSA) is 55.4 Å². The van der Waals surface area contributed by atoms with Crippen LogP contribution in [0.4, 0.5) is 22.0 Å². The normalized spacial score (nSPS) is 11.4. The minimum absolute atomic E-state index is 0.154. The molecule has 4 nitrogen and oxygen atoms in total. The van der Waals surface area contributed by atoms with E-state index in [4.69, 9.17) is 0 Å². The van der Waals surface area contributed by atoms with Crippen molar-refractivity contribution in [1.29, 1.82) is 0 Å². The number of esters is 1. The first-order chi connectivity index (χ1) is 11.9. The van der Waals surface area contributed by atoms with Gasteiger partial charge in [-0.2, -0.15) is 8.78 Å². The summed E-state index contributed by atoms with van der Waals surface area (Å²) in [4.78, 5) is 23.1. The minimum Gasteiger partial charge on any atom is -0.420 e. The van der Waals surface area contributed by atoms with Gasteiger partial charge in [0.2, 0.25) is 40.7 Å². The van der Waals surface area contributed by atoms with Gasteiger partial charge in [-0.25, -0.2) is 13.2 Å². The Bertz CT molecular complexity index is 657. The Hall–Kier alpha value is -2.19. The van der Waals surface area contributed by atoms with Gasteiger partial charge in [0.1, 0.15) is 6.42 Å². The van der Waals surface area contributed by atoms with Crippen molar-refractivity contribution < 1.29 is 36.3 Å². The van der Waals surface area contributed by atoms with Crippen molar-refractivity contribution >= 4 is 11.9 Å². The molecule has 0 aromatic heterocycles. The van der Waals surface area contributed by atoms with Crippen LogP contribution in [0.1, 0.15) is 46.5 Å². The Morgan fingerprint density at radius 1 is 0.885 bits per heavy atom. The van der Waals surface area contributed by atoms with Crippen molar-refractivity contribution in [3.05, 3.63) is 29.1 Å². The van der Waals surface area contributed by atoms with Crippen LogP contribution in [0.15, 0.2) is 0 Å². The molecule has 0 aliphatic heterocycles. The summed E-state index contributed by atoms with van der Waals surface area (Å²) in [6, 6.07) is 0. The molecule has 1 N–H and O–H groups in total. The second kappa shape index (κ2) is 8.95. The van der Waals surface area contributed by atoms with Crippen molar-refractivity contribution in [3.63, 3.8) is 0 Å². The molecule has 0 radical (unpaired) electrons. The molecule has 0 bridgehead atoms. The van der Waals surface area contributed by atoms with E-state index in [1.54, 1.807) is 0 Å². The summed E-state index contributed by atoms with van der Waals surface area (Å²) in [6.45, 7) is 6.49. The highest BCUT2D eigenvalue weighted by Crippen LogP contribution is 2.29. The number of rotatable bonds is 7. The lowest BCUT2D eigenvalue weighted by Gasteiger charge is -2.17. The second-order valence-electron chi connectivity index (χ2n) is 6.92. The first-order valence-electron chi connectivity index (χ1n) is 7.93. The van der Waals surface area contributed by atoms with Gasteiger partial charge in [0, 0.05) is 6.54 Å². The molecule has 0 aliphatic carbocycles. The maximum absolute atomic E-state index is 13.4. The minimum atomic E-state index is -2.37. The molecule has 1 aromatic carbocycles. The van der Waals surface area contributed by atoms with Gasteiger partial charge in [-0.15, -0.1) is 0 Å². The number of unbranched alkanes of at least 4 members (excludes halogenated alkanes) is 1. The predicted molar refractivity (Wildman–Crippen MR) is 82.8 cm³/mol. The van der Waals surface area contributed by atoms with Gasteiger partial charge in [0.15, 0.2) is 0 Å². The molecule has 0 atom stereocenters. The standard InChI is InChI=1S/C17H20F5NO3/c1-17(2,3)6-4-5-7-23-9(24)8-10(25)26-16-14(21)12(19)11(18)13(20)15(16)22/h4-8H2,1-3H3,(H,23,24). The molecular formula is C17H20F5NO3. The third-order valence-corrected chi connectivity index (χ3v) is 3.37. The lowest BCUT2D eigenvalue weighted by molar-refractivity contribution is -0.139. The first-order valence-corrected chi connectivity index (χ1v) is 7.93. The Morgan fingerprint density at radius 3 is 1.88 bits per heavy atom. The quantitative estimate of drug-likeness (QED) is 0.148. The summed E-state index contributed by atoms with van der Waals surface area (Å²) in [5.74, 6) is -15.4. The molecule has 0 saturated heterocycles. The Labute approximate surface area is 147 Å². The fourth-order valence-corrected chi connectivity index (χ4v) is 2.03. The van der Waals surface area contributed by atoms with Crippen molar-refractivity contribution in [2.75, 3.05) is 6.54 Å².